The van der Waals surface area contributed by atoms with E-state index in [1.54, 1.807) is 12.3 Å². The summed E-state index contributed by atoms with van der Waals surface area (Å²) >= 11 is 0. The Labute approximate surface area is 95.6 Å². The first-order valence-corrected chi connectivity index (χ1v) is 5.25. The maximum absolute atomic E-state index is 11.6. The zero-order chi connectivity index (χ0) is 12.1. The molecule has 0 aromatic rings. The molecule has 1 aliphatic rings. The number of hydrogen-bond acceptors (Lipinski definition) is 4. The third kappa shape index (κ3) is 2.95. The molecule has 16 heavy (non-hydrogen) atoms. The Morgan fingerprint density at radius 3 is 2.25 bits per heavy atom. The van der Waals surface area contributed by atoms with Crippen molar-refractivity contribution in [2.75, 3.05) is 21.2 Å². The average Bonchev–Trinajstić information content (AvgIpc) is 2.22. The van der Waals surface area contributed by atoms with Crippen LogP contribution < -0.4 is 0 Å². The Kier molecular flexibility index (Phi) is 4.28. The Morgan fingerprint density at radius 1 is 1.25 bits per heavy atom. The number of nitrogens with zero attached hydrogens (tertiary/aromatic N) is 1. The van der Waals surface area contributed by atoms with Crippen LogP contribution in [-0.2, 0) is 14.3 Å². The summed E-state index contributed by atoms with van der Waals surface area (Å²) < 4.78 is 5.11. The van der Waals surface area contributed by atoms with Crippen LogP contribution in [-0.4, -0.2) is 37.7 Å². The number of ether oxygens (including phenoxy) is 1. The van der Waals surface area contributed by atoms with Crippen LogP contribution in [0.2, 0.25) is 0 Å². The molecule has 4 nitrogen and oxygen atoms in total. The van der Waals surface area contributed by atoms with Crippen LogP contribution in [0, 0.1) is 0 Å². The largest absolute Gasteiger partial charge is 0.496 e. The molecule has 0 spiro atoms. The first kappa shape index (κ1) is 12.5. The molecule has 0 unspecified atom stereocenters. The first-order chi connectivity index (χ1) is 7.56. The summed E-state index contributed by atoms with van der Waals surface area (Å²) in [7, 11) is 5.19. The quantitative estimate of drug-likeness (QED) is 0.411. The molecular weight excluding hydrogens is 206 g/mol. The SMILES string of the molecule is COC(/C=C/N(C)C)=C1C(=O)CCCC1=O. The van der Waals surface area contributed by atoms with Crippen molar-refractivity contribution in [3.05, 3.63) is 23.6 Å². The number of carbonyl (C=O) groups is 2. The number of carbonyl (C=O) groups excluding carboxylic acids is 2. The van der Waals surface area contributed by atoms with Gasteiger partial charge < -0.3 is 9.64 Å². The van der Waals surface area contributed by atoms with E-state index in [0.717, 1.165) is 0 Å². The van der Waals surface area contributed by atoms with Crippen molar-refractivity contribution in [2.24, 2.45) is 0 Å². The Balaban J connectivity index is 3.04. The molecule has 1 aliphatic carbocycles. The van der Waals surface area contributed by atoms with Gasteiger partial charge in [0.1, 0.15) is 11.3 Å². The standard InChI is InChI=1S/C12H17NO3/c1-13(2)8-7-11(16-3)12-9(14)5-4-6-10(12)15/h7-8H,4-6H2,1-3H3/b8-7+. The topological polar surface area (TPSA) is 46.6 Å². The van der Waals surface area contributed by atoms with Gasteiger partial charge in [-0.15, -0.1) is 0 Å². The van der Waals surface area contributed by atoms with Crippen LogP contribution in [0.1, 0.15) is 19.3 Å². The van der Waals surface area contributed by atoms with Gasteiger partial charge >= 0.3 is 0 Å². The monoisotopic (exact) mass is 223 g/mol. The molecule has 1 saturated carbocycles. The summed E-state index contributed by atoms with van der Waals surface area (Å²) in [5.74, 6) is 0.136. The second-order valence-electron chi connectivity index (χ2n) is 3.92. The number of rotatable bonds is 3. The van der Waals surface area contributed by atoms with Gasteiger partial charge in [0.05, 0.1) is 7.11 Å². The van der Waals surface area contributed by atoms with Gasteiger partial charge in [-0.3, -0.25) is 9.59 Å². The zero-order valence-corrected chi connectivity index (χ0v) is 9.95. The lowest BCUT2D eigenvalue weighted by Crippen LogP contribution is -2.21. The van der Waals surface area contributed by atoms with Crippen molar-refractivity contribution in [1.29, 1.82) is 0 Å². The highest BCUT2D eigenvalue weighted by Gasteiger charge is 2.26. The van der Waals surface area contributed by atoms with E-state index in [2.05, 4.69) is 0 Å². The van der Waals surface area contributed by atoms with Crippen LogP contribution in [0.25, 0.3) is 0 Å². The zero-order valence-electron chi connectivity index (χ0n) is 9.95. The smallest absolute Gasteiger partial charge is 0.170 e. The van der Waals surface area contributed by atoms with Gasteiger partial charge in [-0.25, -0.2) is 0 Å². The molecule has 88 valence electrons. The summed E-state index contributed by atoms with van der Waals surface area (Å²) in [6.07, 6.45) is 4.92. The van der Waals surface area contributed by atoms with E-state index in [9.17, 15) is 9.59 Å². The predicted octanol–water partition coefficient (Wildman–Crippen LogP) is 1.28. The molecule has 0 aliphatic heterocycles. The van der Waals surface area contributed by atoms with Gasteiger partial charge in [-0.1, -0.05) is 0 Å². The first-order valence-electron chi connectivity index (χ1n) is 5.25. The number of hydrogen-bond donors (Lipinski definition) is 0. The summed E-state index contributed by atoms with van der Waals surface area (Å²) in [5, 5.41) is 0. The molecule has 0 heterocycles. The molecule has 1 fully saturated rings. The summed E-state index contributed by atoms with van der Waals surface area (Å²) in [6.45, 7) is 0. The molecule has 0 amide bonds. The predicted molar refractivity (Wildman–Crippen MR) is 60.7 cm³/mol. The molecule has 0 atom stereocenters. The second kappa shape index (κ2) is 5.49. The van der Waals surface area contributed by atoms with Crippen molar-refractivity contribution in [3.63, 3.8) is 0 Å². The second-order valence-corrected chi connectivity index (χ2v) is 3.92. The van der Waals surface area contributed by atoms with Crippen molar-refractivity contribution in [3.8, 4) is 0 Å². The van der Waals surface area contributed by atoms with E-state index in [4.69, 9.17) is 4.74 Å². The van der Waals surface area contributed by atoms with Gasteiger partial charge in [0.15, 0.2) is 11.6 Å². The molecular formula is C12H17NO3. The fourth-order valence-corrected chi connectivity index (χ4v) is 1.56. The minimum absolute atomic E-state index is 0.114. The molecule has 1 rings (SSSR count). The molecule has 0 radical (unpaired) electrons. The maximum Gasteiger partial charge on any atom is 0.170 e. The van der Waals surface area contributed by atoms with E-state index >= 15 is 0 Å². The number of allylic oxidation sites excluding steroid dienone is 2. The van der Waals surface area contributed by atoms with Gasteiger partial charge in [0, 0.05) is 33.1 Å². The van der Waals surface area contributed by atoms with Crippen molar-refractivity contribution < 1.29 is 14.3 Å². The lowest BCUT2D eigenvalue weighted by Gasteiger charge is -2.14. The van der Waals surface area contributed by atoms with Gasteiger partial charge in [-0.05, 0) is 12.5 Å². The molecule has 0 aromatic heterocycles. The summed E-state index contributed by atoms with van der Waals surface area (Å²) in [4.78, 5) is 25.1. The highest BCUT2D eigenvalue weighted by molar-refractivity contribution is 6.22. The van der Waals surface area contributed by atoms with E-state index in [1.807, 2.05) is 19.0 Å². The van der Waals surface area contributed by atoms with Crippen LogP contribution in [0.3, 0.4) is 0 Å². The van der Waals surface area contributed by atoms with E-state index in [1.165, 1.54) is 7.11 Å². The van der Waals surface area contributed by atoms with Crippen molar-refractivity contribution in [2.45, 2.75) is 19.3 Å². The highest BCUT2D eigenvalue weighted by atomic mass is 16.5. The van der Waals surface area contributed by atoms with Gasteiger partial charge in [-0.2, -0.15) is 0 Å². The molecule has 0 aromatic carbocycles. The van der Waals surface area contributed by atoms with Crippen LogP contribution in [0.4, 0.5) is 0 Å². The Bertz CT molecular complexity index is 335. The van der Waals surface area contributed by atoms with E-state index < -0.39 is 0 Å². The Morgan fingerprint density at radius 2 is 1.81 bits per heavy atom. The number of methoxy groups -OCH3 is 1. The lowest BCUT2D eigenvalue weighted by atomic mass is 9.91. The number of ketones is 2. The van der Waals surface area contributed by atoms with E-state index in [0.29, 0.717) is 25.0 Å². The fourth-order valence-electron chi connectivity index (χ4n) is 1.56. The van der Waals surface area contributed by atoms with Crippen molar-refractivity contribution in [1.82, 2.24) is 4.90 Å². The normalized spacial score (nSPS) is 16.8. The number of Topliss-reactive ketones (excluding diaryl/α,β-unsaturated/α-hetero) is 2. The van der Waals surface area contributed by atoms with Gasteiger partial charge in [0.2, 0.25) is 0 Å². The minimum atomic E-state index is -0.114. The average molecular weight is 223 g/mol. The third-order valence-corrected chi connectivity index (χ3v) is 2.36. The van der Waals surface area contributed by atoms with Crippen LogP contribution in [0.15, 0.2) is 23.6 Å². The molecule has 4 heteroatoms. The fraction of sp³-hybridized carbons (Fsp3) is 0.500. The summed E-state index contributed by atoms with van der Waals surface area (Å²) in [5.41, 5.74) is 0.215. The van der Waals surface area contributed by atoms with E-state index in [-0.39, 0.29) is 17.1 Å². The third-order valence-electron chi connectivity index (χ3n) is 2.36. The summed E-state index contributed by atoms with van der Waals surface area (Å²) in [6, 6.07) is 0. The van der Waals surface area contributed by atoms with Gasteiger partial charge in [0.25, 0.3) is 0 Å². The van der Waals surface area contributed by atoms with Crippen LogP contribution in [0.5, 0.6) is 0 Å². The molecule has 0 bridgehead atoms. The highest BCUT2D eigenvalue weighted by Crippen LogP contribution is 2.21. The maximum atomic E-state index is 11.6. The molecule has 0 N–H and O–H groups in total. The van der Waals surface area contributed by atoms with Crippen LogP contribution >= 0.6 is 0 Å². The lowest BCUT2D eigenvalue weighted by molar-refractivity contribution is -0.124. The minimum Gasteiger partial charge on any atom is -0.496 e. The van der Waals surface area contributed by atoms with Crippen molar-refractivity contribution >= 4 is 11.6 Å². The molecule has 0 saturated heterocycles. The Hall–Kier alpha value is -1.58.